The molecule has 0 fully saturated rings. The first-order valence-electron chi connectivity index (χ1n) is 8.41. The molecule has 0 aliphatic rings. The zero-order valence-electron chi connectivity index (χ0n) is 15.4. The van der Waals surface area contributed by atoms with E-state index in [-0.39, 0.29) is 11.1 Å². The lowest BCUT2D eigenvalue weighted by Crippen LogP contribution is -2.12. The molecule has 0 bridgehead atoms. The van der Waals surface area contributed by atoms with Crippen molar-refractivity contribution < 1.29 is 18.0 Å². The van der Waals surface area contributed by atoms with Crippen molar-refractivity contribution in [2.45, 2.75) is 20.0 Å². The van der Waals surface area contributed by atoms with E-state index >= 15 is 0 Å². The van der Waals surface area contributed by atoms with Gasteiger partial charge in [-0.05, 0) is 37.6 Å². The number of carbonyl (C=O) groups excluding carboxylic acids is 1. The number of halogens is 3. The maximum Gasteiger partial charge on any atom is 0.449 e. The number of hydrogen-bond donors (Lipinski definition) is 2. The smallest absolute Gasteiger partial charge is 0.323 e. The number of rotatable bonds is 2. The molecule has 0 aliphatic heterocycles. The third-order valence-electron chi connectivity index (χ3n) is 4.52. The Morgan fingerprint density at radius 2 is 1.97 bits per heavy atom. The van der Waals surface area contributed by atoms with Crippen molar-refractivity contribution in [2.75, 3.05) is 5.32 Å². The van der Waals surface area contributed by atoms with Gasteiger partial charge in [0, 0.05) is 12.7 Å². The van der Waals surface area contributed by atoms with E-state index in [0.29, 0.717) is 37.7 Å². The van der Waals surface area contributed by atoms with Gasteiger partial charge in [0.25, 0.3) is 11.5 Å². The lowest BCUT2D eigenvalue weighted by atomic mass is 10.2. The summed E-state index contributed by atoms with van der Waals surface area (Å²) in [7, 11) is 1.28. The second-order valence-electron chi connectivity index (χ2n) is 6.54. The van der Waals surface area contributed by atoms with E-state index in [0.717, 1.165) is 15.9 Å². The van der Waals surface area contributed by atoms with Crippen LogP contribution in [0.2, 0.25) is 0 Å². The van der Waals surface area contributed by atoms with Crippen LogP contribution in [-0.4, -0.2) is 25.4 Å². The van der Waals surface area contributed by atoms with Crippen LogP contribution in [0.4, 0.5) is 18.9 Å². The summed E-state index contributed by atoms with van der Waals surface area (Å²) in [6.07, 6.45) is -4.58. The number of H-pyrrole nitrogens is 1. The van der Waals surface area contributed by atoms with Gasteiger partial charge in [-0.15, -0.1) is 11.3 Å². The number of aromatic amines is 1. The number of nitrogens with one attached hydrogen (secondary N) is 2. The molecule has 29 heavy (non-hydrogen) atoms. The van der Waals surface area contributed by atoms with Gasteiger partial charge in [0.15, 0.2) is 0 Å². The Morgan fingerprint density at radius 1 is 1.24 bits per heavy atom. The molecule has 3 aromatic heterocycles. The Kier molecular flexibility index (Phi) is 4.23. The number of fused-ring (bicyclic) bond motifs is 2. The Hall–Kier alpha value is -3.21. The van der Waals surface area contributed by atoms with Gasteiger partial charge in [-0.2, -0.15) is 13.2 Å². The van der Waals surface area contributed by atoms with Gasteiger partial charge in [-0.3, -0.25) is 9.59 Å². The largest absolute Gasteiger partial charge is 0.449 e. The molecular weight excluding hydrogens is 407 g/mol. The highest BCUT2D eigenvalue weighted by Gasteiger charge is 2.36. The summed E-state index contributed by atoms with van der Waals surface area (Å²) in [6.45, 7) is 3.30. The van der Waals surface area contributed by atoms with Gasteiger partial charge in [0.05, 0.1) is 21.3 Å². The molecule has 1 amide bonds. The monoisotopic (exact) mass is 421 g/mol. The molecule has 0 atom stereocenters. The van der Waals surface area contributed by atoms with Crippen molar-refractivity contribution in [2.24, 2.45) is 7.05 Å². The standard InChI is InChI=1S/C18H14F3N5O2S/c1-7-12-14(27)22-8(2)23-16(12)29-13(7)15(28)24-9-4-5-11-10(6-9)25-17(26(11)3)18(19,20)21/h4-6H,1-3H3,(H,24,28)(H,22,23,27). The highest BCUT2D eigenvalue weighted by atomic mass is 32.1. The van der Waals surface area contributed by atoms with Crippen molar-refractivity contribution in [1.29, 1.82) is 0 Å². The van der Waals surface area contributed by atoms with Crippen molar-refractivity contribution in [3.8, 4) is 0 Å². The number of nitrogens with zero attached hydrogens (tertiary/aromatic N) is 3. The van der Waals surface area contributed by atoms with E-state index in [4.69, 9.17) is 0 Å². The summed E-state index contributed by atoms with van der Waals surface area (Å²) in [5.74, 6) is -1.05. The van der Waals surface area contributed by atoms with Crippen LogP contribution in [0.15, 0.2) is 23.0 Å². The number of thiophene rings is 1. The van der Waals surface area contributed by atoms with Crippen molar-refractivity contribution in [3.63, 3.8) is 0 Å². The summed E-state index contributed by atoms with van der Waals surface area (Å²) in [5, 5.41) is 3.00. The fourth-order valence-electron chi connectivity index (χ4n) is 3.19. The molecule has 3 heterocycles. The molecule has 0 aliphatic carbocycles. The van der Waals surface area contributed by atoms with E-state index in [1.807, 2.05) is 0 Å². The second kappa shape index (κ2) is 6.41. The van der Waals surface area contributed by atoms with E-state index in [1.165, 1.54) is 25.2 Å². The van der Waals surface area contributed by atoms with Crippen molar-refractivity contribution >= 4 is 44.2 Å². The first-order valence-corrected chi connectivity index (χ1v) is 9.23. The second-order valence-corrected chi connectivity index (χ2v) is 7.54. The van der Waals surface area contributed by atoms with Crippen LogP contribution < -0.4 is 10.9 Å². The lowest BCUT2D eigenvalue weighted by molar-refractivity contribution is -0.146. The van der Waals surface area contributed by atoms with E-state index in [2.05, 4.69) is 20.3 Å². The molecule has 1 aromatic carbocycles. The number of alkyl halides is 3. The van der Waals surface area contributed by atoms with E-state index < -0.39 is 17.9 Å². The fourth-order valence-corrected chi connectivity index (χ4v) is 4.31. The molecule has 0 spiro atoms. The van der Waals surface area contributed by atoms with Crippen LogP contribution >= 0.6 is 11.3 Å². The predicted molar refractivity (Wildman–Crippen MR) is 103 cm³/mol. The first-order chi connectivity index (χ1) is 13.6. The number of carbonyl (C=O) groups is 1. The molecule has 2 N–H and O–H groups in total. The Balaban J connectivity index is 1.71. The number of imidazole rings is 1. The Bertz CT molecular complexity index is 1350. The molecule has 4 aromatic rings. The minimum atomic E-state index is -4.58. The minimum Gasteiger partial charge on any atom is -0.323 e. The van der Waals surface area contributed by atoms with Crippen LogP contribution in [0.5, 0.6) is 0 Å². The summed E-state index contributed by atoms with van der Waals surface area (Å²) in [5.41, 5.74) is 0.868. The maximum absolute atomic E-state index is 13.0. The lowest BCUT2D eigenvalue weighted by Gasteiger charge is -2.06. The normalized spacial score (nSPS) is 12.1. The molecule has 4 rings (SSSR count). The van der Waals surface area contributed by atoms with Crippen molar-refractivity contribution in [1.82, 2.24) is 19.5 Å². The quantitative estimate of drug-likeness (QED) is 0.516. The summed E-state index contributed by atoms with van der Waals surface area (Å²) in [4.78, 5) is 36.1. The van der Waals surface area contributed by atoms with Crippen LogP contribution in [0.3, 0.4) is 0 Å². The SMILES string of the molecule is Cc1nc2sc(C(=O)Nc3ccc4c(c3)nc(C(F)(F)F)n4C)c(C)c2c(=O)[nH]1. The fraction of sp³-hybridized carbons (Fsp3) is 0.222. The summed E-state index contributed by atoms with van der Waals surface area (Å²) < 4.78 is 40.1. The first kappa shape index (κ1) is 19.1. The van der Waals surface area contributed by atoms with E-state index in [1.54, 1.807) is 13.8 Å². The van der Waals surface area contributed by atoms with Crippen molar-refractivity contribution in [3.05, 3.63) is 50.6 Å². The molecule has 0 saturated carbocycles. The Labute approximate surface area is 165 Å². The third kappa shape index (κ3) is 3.16. The van der Waals surface area contributed by atoms with Crippen LogP contribution in [-0.2, 0) is 13.2 Å². The van der Waals surface area contributed by atoms with E-state index in [9.17, 15) is 22.8 Å². The zero-order chi connectivity index (χ0) is 21.1. The molecular formula is C18H14F3N5O2S. The average Bonchev–Trinajstić information content (AvgIpc) is 3.12. The van der Waals surface area contributed by atoms with Gasteiger partial charge in [-0.25, -0.2) is 9.97 Å². The molecule has 11 heteroatoms. The van der Waals surface area contributed by atoms with Crippen LogP contribution in [0.1, 0.15) is 26.9 Å². The number of hydrogen-bond acceptors (Lipinski definition) is 5. The molecule has 0 radical (unpaired) electrons. The summed E-state index contributed by atoms with van der Waals surface area (Å²) >= 11 is 1.08. The highest BCUT2D eigenvalue weighted by molar-refractivity contribution is 7.20. The minimum absolute atomic E-state index is 0.111. The van der Waals surface area contributed by atoms with Gasteiger partial charge in [0.1, 0.15) is 10.7 Å². The van der Waals surface area contributed by atoms with Gasteiger partial charge < -0.3 is 14.9 Å². The molecule has 0 saturated heterocycles. The average molecular weight is 421 g/mol. The number of aryl methyl sites for hydroxylation is 3. The topological polar surface area (TPSA) is 92.7 Å². The van der Waals surface area contributed by atoms with Gasteiger partial charge in [0.2, 0.25) is 5.82 Å². The van der Waals surface area contributed by atoms with Gasteiger partial charge >= 0.3 is 6.18 Å². The predicted octanol–water partition coefficient (Wildman–Crippen LogP) is 3.76. The highest BCUT2D eigenvalue weighted by Crippen LogP contribution is 2.32. The van der Waals surface area contributed by atoms with Gasteiger partial charge in [-0.1, -0.05) is 0 Å². The Morgan fingerprint density at radius 3 is 2.66 bits per heavy atom. The number of anilines is 1. The molecule has 150 valence electrons. The maximum atomic E-state index is 13.0. The third-order valence-corrected chi connectivity index (χ3v) is 5.70. The molecule has 0 unspecified atom stereocenters. The van der Waals surface area contributed by atoms with Crippen LogP contribution in [0, 0.1) is 13.8 Å². The van der Waals surface area contributed by atoms with Crippen LogP contribution in [0.25, 0.3) is 21.3 Å². The summed E-state index contributed by atoms with van der Waals surface area (Å²) in [6, 6.07) is 4.33. The zero-order valence-corrected chi connectivity index (χ0v) is 16.2. The molecule has 7 nitrogen and oxygen atoms in total. The number of amides is 1. The number of aromatic nitrogens is 4. The number of benzene rings is 1.